The highest BCUT2D eigenvalue weighted by Crippen LogP contribution is 2.16. The molecular weight excluding hydrogens is 344 g/mol. The van der Waals surface area contributed by atoms with E-state index in [2.05, 4.69) is 0 Å². The molecular formula is C18H19ClN2O4. The number of furan rings is 1. The van der Waals surface area contributed by atoms with Crippen LogP contribution in [0.15, 0.2) is 41.0 Å². The van der Waals surface area contributed by atoms with Crippen LogP contribution in [-0.2, 0) is 4.79 Å². The van der Waals surface area contributed by atoms with Crippen LogP contribution in [0.25, 0.3) is 0 Å². The van der Waals surface area contributed by atoms with Gasteiger partial charge < -0.3 is 19.0 Å². The molecule has 6 nitrogen and oxygen atoms in total. The molecule has 0 unspecified atom stereocenters. The molecule has 0 aliphatic carbocycles. The minimum absolute atomic E-state index is 0.0349. The fourth-order valence-electron chi connectivity index (χ4n) is 2.66. The Balaban J connectivity index is 1.48. The minimum atomic E-state index is -0.132. The predicted molar refractivity (Wildman–Crippen MR) is 92.9 cm³/mol. The van der Waals surface area contributed by atoms with Gasteiger partial charge >= 0.3 is 0 Å². The smallest absolute Gasteiger partial charge is 0.289 e. The van der Waals surface area contributed by atoms with Crippen molar-refractivity contribution >= 4 is 23.4 Å². The van der Waals surface area contributed by atoms with E-state index in [9.17, 15) is 9.59 Å². The number of amides is 2. The third-order valence-corrected chi connectivity index (χ3v) is 4.40. The molecule has 1 aliphatic rings. The molecule has 0 bridgehead atoms. The second-order valence-electron chi connectivity index (χ2n) is 5.85. The average Bonchev–Trinajstić information content (AvgIpc) is 3.06. The van der Waals surface area contributed by atoms with Gasteiger partial charge in [-0.15, -0.1) is 0 Å². The topological polar surface area (TPSA) is 63.0 Å². The Hall–Kier alpha value is -2.47. The van der Waals surface area contributed by atoms with Crippen molar-refractivity contribution in [3.05, 3.63) is 52.9 Å². The van der Waals surface area contributed by atoms with Gasteiger partial charge in [0, 0.05) is 36.8 Å². The van der Waals surface area contributed by atoms with Crippen molar-refractivity contribution in [3.8, 4) is 5.75 Å². The van der Waals surface area contributed by atoms with Crippen LogP contribution in [0.4, 0.5) is 0 Å². The summed E-state index contributed by atoms with van der Waals surface area (Å²) in [5.41, 5.74) is 0.819. The molecule has 3 rings (SSSR count). The van der Waals surface area contributed by atoms with Gasteiger partial charge in [0.25, 0.3) is 11.8 Å². The van der Waals surface area contributed by atoms with Gasteiger partial charge in [-0.3, -0.25) is 9.59 Å². The lowest BCUT2D eigenvalue weighted by molar-refractivity contribution is -0.134. The Bertz CT molecular complexity index is 749. The van der Waals surface area contributed by atoms with E-state index in [1.165, 1.54) is 6.26 Å². The highest BCUT2D eigenvalue weighted by atomic mass is 35.5. The lowest BCUT2D eigenvalue weighted by Crippen LogP contribution is -2.51. The number of hydrogen-bond acceptors (Lipinski definition) is 4. The monoisotopic (exact) mass is 362 g/mol. The van der Waals surface area contributed by atoms with Gasteiger partial charge in [0.1, 0.15) is 5.75 Å². The summed E-state index contributed by atoms with van der Waals surface area (Å²) in [6.45, 7) is 3.72. The van der Waals surface area contributed by atoms with Crippen molar-refractivity contribution in [2.75, 3.05) is 32.8 Å². The van der Waals surface area contributed by atoms with Crippen LogP contribution in [-0.4, -0.2) is 54.4 Å². The summed E-state index contributed by atoms with van der Waals surface area (Å²) in [5.74, 6) is 0.731. The molecule has 1 saturated heterocycles. The van der Waals surface area contributed by atoms with Crippen molar-refractivity contribution in [1.29, 1.82) is 0 Å². The van der Waals surface area contributed by atoms with E-state index in [0.717, 1.165) is 5.56 Å². The molecule has 0 radical (unpaired) electrons. The first kappa shape index (κ1) is 17.4. The number of aryl methyl sites for hydroxylation is 1. The van der Waals surface area contributed by atoms with Gasteiger partial charge in [0.05, 0.1) is 6.26 Å². The molecule has 0 atom stereocenters. The number of hydrogen-bond donors (Lipinski definition) is 0. The third kappa shape index (κ3) is 4.14. The summed E-state index contributed by atoms with van der Waals surface area (Å²) in [5, 5.41) is 0.617. The van der Waals surface area contributed by atoms with E-state index in [0.29, 0.717) is 42.7 Å². The van der Waals surface area contributed by atoms with Gasteiger partial charge in [-0.2, -0.15) is 0 Å². The zero-order chi connectivity index (χ0) is 17.8. The second kappa shape index (κ2) is 7.61. The molecule has 2 heterocycles. The summed E-state index contributed by atoms with van der Waals surface area (Å²) < 4.78 is 10.7. The van der Waals surface area contributed by atoms with E-state index in [4.69, 9.17) is 20.8 Å². The molecule has 2 amide bonds. The molecule has 0 saturated carbocycles. The molecule has 1 aromatic heterocycles. The molecule has 1 aromatic carbocycles. The van der Waals surface area contributed by atoms with Crippen molar-refractivity contribution in [1.82, 2.24) is 9.80 Å². The van der Waals surface area contributed by atoms with Crippen LogP contribution >= 0.6 is 11.6 Å². The molecule has 1 aliphatic heterocycles. The molecule has 1 fully saturated rings. The number of halogens is 1. The van der Waals surface area contributed by atoms with Crippen LogP contribution < -0.4 is 4.74 Å². The van der Waals surface area contributed by atoms with Crippen LogP contribution in [0.2, 0.25) is 5.02 Å². The third-order valence-electron chi connectivity index (χ3n) is 4.15. The van der Waals surface area contributed by atoms with Gasteiger partial charge in [-0.1, -0.05) is 11.6 Å². The first-order valence-electron chi connectivity index (χ1n) is 8.04. The fourth-order valence-corrected chi connectivity index (χ4v) is 2.79. The largest absolute Gasteiger partial charge is 0.484 e. The minimum Gasteiger partial charge on any atom is -0.484 e. The molecule has 7 heteroatoms. The highest BCUT2D eigenvalue weighted by Gasteiger charge is 2.27. The Labute approximate surface area is 150 Å². The number of ether oxygens (including phenoxy) is 1. The zero-order valence-electron chi connectivity index (χ0n) is 13.9. The van der Waals surface area contributed by atoms with Gasteiger partial charge in [-0.05, 0) is 37.3 Å². The maximum absolute atomic E-state index is 12.4. The number of benzene rings is 1. The first-order chi connectivity index (χ1) is 12.0. The van der Waals surface area contributed by atoms with E-state index in [1.54, 1.807) is 40.1 Å². The summed E-state index contributed by atoms with van der Waals surface area (Å²) in [4.78, 5) is 28.0. The highest BCUT2D eigenvalue weighted by molar-refractivity contribution is 6.30. The van der Waals surface area contributed by atoms with Crippen LogP contribution in [0, 0.1) is 6.92 Å². The summed E-state index contributed by atoms with van der Waals surface area (Å²) in [7, 11) is 0. The average molecular weight is 363 g/mol. The summed E-state index contributed by atoms with van der Waals surface area (Å²) >= 11 is 5.81. The molecule has 132 valence electrons. The van der Waals surface area contributed by atoms with Crippen molar-refractivity contribution in [2.45, 2.75) is 6.92 Å². The molecule has 0 spiro atoms. The van der Waals surface area contributed by atoms with Crippen LogP contribution in [0.5, 0.6) is 5.75 Å². The SMILES string of the molecule is Cc1ccoc1C(=O)N1CCN(C(=O)COc2ccc(Cl)cc2)CC1. The molecule has 0 N–H and O–H groups in total. The van der Waals surface area contributed by atoms with E-state index in [-0.39, 0.29) is 18.4 Å². The van der Waals surface area contributed by atoms with Crippen molar-refractivity contribution < 1.29 is 18.7 Å². The lowest BCUT2D eigenvalue weighted by Gasteiger charge is -2.34. The second-order valence-corrected chi connectivity index (χ2v) is 6.28. The predicted octanol–water partition coefficient (Wildman–Crippen LogP) is 2.60. The van der Waals surface area contributed by atoms with Crippen molar-refractivity contribution in [2.24, 2.45) is 0 Å². The van der Waals surface area contributed by atoms with Gasteiger partial charge in [-0.25, -0.2) is 0 Å². The maximum Gasteiger partial charge on any atom is 0.289 e. The Morgan fingerprint density at radius 2 is 1.72 bits per heavy atom. The van der Waals surface area contributed by atoms with Gasteiger partial charge in [0.15, 0.2) is 12.4 Å². The number of nitrogens with zero attached hydrogens (tertiary/aromatic N) is 2. The standard InChI is InChI=1S/C18H19ClN2O4/c1-13-6-11-24-17(13)18(23)21-9-7-20(8-10-21)16(22)12-25-15-4-2-14(19)3-5-15/h2-6,11H,7-10,12H2,1H3. The summed E-state index contributed by atoms with van der Waals surface area (Å²) in [6, 6.07) is 8.63. The quantitative estimate of drug-likeness (QED) is 0.838. The maximum atomic E-state index is 12.4. The van der Waals surface area contributed by atoms with E-state index in [1.807, 2.05) is 6.92 Å². The zero-order valence-corrected chi connectivity index (χ0v) is 14.7. The Kier molecular flexibility index (Phi) is 5.28. The summed E-state index contributed by atoms with van der Waals surface area (Å²) in [6.07, 6.45) is 1.51. The Morgan fingerprint density at radius 3 is 2.32 bits per heavy atom. The number of carbonyl (C=O) groups is 2. The lowest BCUT2D eigenvalue weighted by atomic mass is 10.2. The molecule has 25 heavy (non-hydrogen) atoms. The number of rotatable bonds is 4. The Morgan fingerprint density at radius 1 is 1.08 bits per heavy atom. The number of piperazine rings is 1. The van der Waals surface area contributed by atoms with E-state index >= 15 is 0 Å². The fraction of sp³-hybridized carbons (Fsp3) is 0.333. The first-order valence-corrected chi connectivity index (χ1v) is 8.42. The normalized spacial score (nSPS) is 14.5. The van der Waals surface area contributed by atoms with Crippen LogP contribution in [0.1, 0.15) is 16.1 Å². The van der Waals surface area contributed by atoms with Crippen LogP contribution in [0.3, 0.4) is 0 Å². The number of carbonyl (C=O) groups excluding carboxylic acids is 2. The van der Waals surface area contributed by atoms with Gasteiger partial charge in [0.2, 0.25) is 0 Å². The molecule has 2 aromatic rings. The van der Waals surface area contributed by atoms with E-state index < -0.39 is 0 Å². The van der Waals surface area contributed by atoms with Crippen molar-refractivity contribution in [3.63, 3.8) is 0 Å².